The molecule has 116 valence electrons. The number of rotatable bonds is 2. The van der Waals surface area contributed by atoms with E-state index in [4.69, 9.17) is 0 Å². The van der Waals surface area contributed by atoms with Crippen LogP contribution in [-0.2, 0) is 0 Å². The van der Waals surface area contributed by atoms with Gasteiger partial charge in [0.25, 0.3) is 0 Å². The lowest BCUT2D eigenvalue weighted by Gasteiger charge is -2.63. The van der Waals surface area contributed by atoms with E-state index in [9.17, 15) is 0 Å². The van der Waals surface area contributed by atoms with Gasteiger partial charge in [-0.2, -0.15) is 0 Å². The van der Waals surface area contributed by atoms with Gasteiger partial charge in [-0.1, -0.05) is 59.3 Å². The van der Waals surface area contributed by atoms with Crippen LogP contribution in [0, 0.1) is 28.6 Å². The molecule has 0 aromatic heterocycles. The molecule has 0 aromatic rings. The second kappa shape index (κ2) is 5.65. The molecule has 0 heteroatoms. The molecule has 3 aliphatic carbocycles. The number of hydrogen-bond donors (Lipinski definition) is 0. The molecule has 0 N–H and O–H groups in total. The largest absolute Gasteiger partial charge is 0.0648 e. The van der Waals surface area contributed by atoms with Gasteiger partial charge in [-0.25, -0.2) is 0 Å². The van der Waals surface area contributed by atoms with Crippen molar-refractivity contribution in [2.24, 2.45) is 28.6 Å². The Bertz CT molecular complexity index is 325. The van der Waals surface area contributed by atoms with E-state index in [0.717, 1.165) is 17.8 Å². The highest BCUT2D eigenvalue weighted by Crippen LogP contribution is 2.65. The molecular formula is C20H36. The highest BCUT2D eigenvalue weighted by Gasteiger charge is 2.57. The Morgan fingerprint density at radius 2 is 1.55 bits per heavy atom. The van der Waals surface area contributed by atoms with Crippen LogP contribution in [-0.4, -0.2) is 0 Å². The first-order valence-electron chi connectivity index (χ1n) is 9.64. The average molecular weight is 277 g/mol. The fraction of sp³-hybridized carbons (Fsp3) is 1.00. The second-order valence-corrected chi connectivity index (χ2v) is 8.61. The van der Waals surface area contributed by atoms with Gasteiger partial charge in [-0.15, -0.1) is 0 Å². The Hall–Kier alpha value is 0. The zero-order valence-corrected chi connectivity index (χ0v) is 14.2. The molecule has 0 amide bonds. The summed E-state index contributed by atoms with van der Waals surface area (Å²) < 4.78 is 0. The molecule has 0 aromatic carbocycles. The van der Waals surface area contributed by atoms with Crippen LogP contribution in [0.2, 0.25) is 0 Å². The normalized spacial score (nSPS) is 44.9. The summed E-state index contributed by atoms with van der Waals surface area (Å²) in [7, 11) is 0. The highest BCUT2D eigenvalue weighted by molar-refractivity contribution is 5.06. The molecule has 0 nitrogen and oxygen atoms in total. The van der Waals surface area contributed by atoms with Crippen molar-refractivity contribution in [1.29, 1.82) is 0 Å². The first-order chi connectivity index (χ1) is 9.64. The van der Waals surface area contributed by atoms with E-state index in [2.05, 4.69) is 20.8 Å². The van der Waals surface area contributed by atoms with Gasteiger partial charge < -0.3 is 0 Å². The molecule has 0 radical (unpaired) electrons. The van der Waals surface area contributed by atoms with Crippen LogP contribution >= 0.6 is 0 Å². The molecule has 3 saturated carbocycles. The van der Waals surface area contributed by atoms with Crippen LogP contribution in [0.4, 0.5) is 0 Å². The van der Waals surface area contributed by atoms with E-state index in [-0.39, 0.29) is 0 Å². The van der Waals surface area contributed by atoms with E-state index < -0.39 is 0 Å². The Morgan fingerprint density at radius 1 is 0.850 bits per heavy atom. The zero-order valence-electron chi connectivity index (χ0n) is 14.2. The van der Waals surface area contributed by atoms with E-state index in [0.29, 0.717) is 10.8 Å². The quantitative estimate of drug-likeness (QED) is 0.533. The molecule has 3 fully saturated rings. The monoisotopic (exact) mass is 276 g/mol. The third kappa shape index (κ3) is 2.08. The molecule has 3 aliphatic rings. The topological polar surface area (TPSA) is 0 Å². The van der Waals surface area contributed by atoms with Crippen molar-refractivity contribution in [3.63, 3.8) is 0 Å². The lowest BCUT2D eigenvalue weighted by molar-refractivity contribution is -0.136. The van der Waals surface area contributed by atoms with Gasteiger partial charge in [0.2, 0.25) is 0 Å². The smallest absolute Gasteiger partial charge is 0.0213 e. The van der Waals surface area contributed by atoms with Crippen LogP contribution in [0.3, 0.4) is 0 Å². The van der Waals surface area contributed by atoms with Crippen LogP contribution < -0.4 is 0 Å². The maximum absolute atomic E-state index is 2.74. The molecule has 0 aliphatic heterocycles. The third-order valence-corrected chi connectivity index (χ3v) is 8.30. The molecule has 20 heavy (non-hydrogen) atoms. The van der Waals surface area contributed by atoms with Crippen molar-refractivity contribution in [3.8, 4) is 0 Å². The predicted octanol–water partition coefficient (Wildman–Crippen LogP) is 6.59. The van der Waals surface area contributed by atoms with Gasteiger partial charge in [-0.3, -0.25) is 0 Å². The Balaban J connectivity index is 1.96. The van der Waals surface area contributed by atoms with Crippen LogP contribution in [0.25, 0.3) is 0 Å². The summed E-state index contributed by atoms with van der Waals surface area (Å²) in [6, 6.07) is 0. The molecule has 0 heterocycles. The van der Waals surface area contributed by atoms with E-state index in [1.54, 1.807) is 19.3 Å². The first-order valence-corrected chi connectivity index (χ1v) is 9.64. The molecule has 0 saturated heterocycles. The van der Waals surface area contributed by atoms with Gasteiger partial charge >= 0.3 is 0 Å². The minimum absolute atomic E-state index is 0.644. The Labute approximate surface area is 127 Å². The van der Waals surface area contributed by atoms with Gasteiger partial charge in [0.15, 0.2) is 0 Å². The molecular weight excluding hydrogens is 240 g/mol. The van der Waals surface area contributed by atoms with Crippen molar-refractivity contribution >= 4 is 0 Å². The summed E-state index contributed by atoms with van der Waals surface area (Å²) in [5.74, 6) is 3.09. The maximum atomic E-state index is 2.74. The second-order valence-electron chi connectivity index (χ2n) is 8.61. The Morgan fingerprint density at radius 3 is 2.25 bits per heavy atom. The van der Waals surface area contributed by atoms with Crippen molar-refractivity contribution in [1.82, 2.24) is 0 Å². The standard InChI is InChI=1S/C20H36/c1-4-20(14-8-5-9-15-20)19(3)16(2)12-13-17-10-6-7-11-18(17)19/h16-18H,4-15H2,1-3H3. The van der Waals surface area contributed by atoms with E-state index in [1.165, 1.54) is 57.8 Å². The fourth-order valence-corrected chi connectivity index (χ4v) is 6.89. The Kier molecular flexibility index (Phi) is 4.22. The summed E-state index contributed by atoms with van der Waals surface area (Å²) in [6.45, 7) is 7.86. The third-order valence-electron chi connectivity index (χ3n) is 8.30. The van der Waals surface area contributed by atoms with E-state index >= 15 is 0 Å². The summed E-state index contributed by atoms with van der Waals surface area (Å²) in [4.78, 5) is 0. The van der Waals surface area contributed by atoms with E-state index in [1.807, 2.05) is 0 Å². The lowest BCUT2D eigenvalue weighted by atomic mass is 9.42. The minimum atomic E-state index is 0.644. The fourth-order valence-electron chi connectivity index (χ4n) is 6.89. The van der Waals surface area contributed by atoms with Gasteiger partial charge in [-0.05, 0) is 67.1 Å². The minimum Gasteiger partial charge on any atom is -0.0648 e. The van der Waals surface area contributed by atoms with Gasteiger partial charge in [0, 0.05) is 0 Å². The zero-order chi connectivity index (χ0) is 14.2. The lowest BCUT2D eigenvalue weighted by Crippen LogP contribution is -2.55. The first kappa shape index (κ1) is 14.9. The van der Waals surface area contributed by atoms with Crippen LogP contribution in [0.5, 0.6) is 0 Å². The summed E-state index contributed by atoms with van der Waals surface area (Å²) in [5.41, 5.74) is 1.33. The molecule has 0 bridgehead atoms. The van der Waals surface area contributed by atoms with Crippen molar-refractivity contribution in [3.05, 3.63) is 0 Å². The summed E-state index contributed by atoms with van der Waals surface area (Å²) >= 11 is 0. The highest BCUT2D eigenvalue weighted by atomic mass is 14.6. The SMILES string of the molecule is CCC1(C2(C)C(C)CCC3CCCCC32)CCCCC1. The summed E-state index contributed by atoms with van der Waals surface area (Å²) in [6.07, 6.45) is 18.2. The van der Waals surface area contributed by atoms with Crippen molar-refractivity contribution in [2.75, 3.05) is 0 Å². The van der Waals surface area contributed by atoms with Gasteiger partial charge in [0.1, 0.15) is 0 Å². The molecule has 4 unspecified atom stereocenters. The molecule has 3 rings (SSSR count). The summed E-state index contributed by atoms with van der Waals surface area (Å²) in [5, 5.41) is 0. The maximum Gasteiger partial charge on any atom is -0.0213 e. The number of fused-ring (bicyclic) bond motifs is 1. The van der Waals surface area contributed by atoms with Crippen LogP contribution in [0.15, 0.2) is 0 Å². The number of hydrogen-bond acceptors (Lipinski definition) is 0. The van der Waals surface area contributed by atoms with Crippen molar-refractivity contribution < 1.29 is 0 Å². The molecule has 0 spiro atoms. The van der Waals surface area contributed by atoms with Crippen molar-refractivity contribution in [2.45, 2.75) is 97.8 Å². The predicted molar refractivity (Wildman–Crippen MR) is 87.8 cm³/mol. The molecule has 4 atom stereocenters. The van der Waals surface area contributed by atoms with Crippen LogP contribution in [0.1, 0.15) is 97.8 Å². The average Bonchev–Trinajstić information content (AvgIpc) is 2.52. The van der Waals surface area contributed by atoms with Gasteiger partial charge in [0.05, 0.1) is 0 Å².